The number of rotatable bonds is 5. The SMILES string of the molecule is CC(NC(=O)C(C)C(C)N)c1cc(F)ccc1N1CCN(C)CC1.Cl.Cl.Cl. The average Bonchev–Trinajstić information content (AvgIpc) is 2.54. The summed E-state index contributed by atoms with van der Waals surface area (Å²) in [6.45, 7) is 9.24. The molecule has 0 saturated carbocycles. The number of anilines is 1. The van der Waals surface area contributed by atoms with Crippen LogP contribution in [0.3, 0.4) is 0 Å². The highest BCUT2D eigenvalue weighted by molar-refractivity contribution is 5.86. The molecule has 1 amide bonds. The van der Waals surface area contributed by atoms with E-state index in [2.05, 4.69) is 22.2 Å². The molecule has 0 bridgehead atoms. The smallest absolute Gasteiger partial charge is 0.224 e. The summed E-state index contributed by atoms with van der Waals surface area (Å²) in [6.07, 6.45) is 0. The zero-order valence-corrected chi connectivity index (χ0v) is 18.7. The first-order valence-corrected chi connectivity index (χ1v) is 8.58. The maximum atomic E-state index is 13.8. The zero-order chi connectivity index (χ0) is 17.9. The van der Waals surface area contributed by atoms with Crippen molar-refractivity contribution >= 4 is 48.8 Å². The lowest BCUT2D eigenvalue weighted by atomic mass is 10.0. The van der Waals surface area contributed by atoms with Gasteiger partial charge < -0.3 is 20.9 Å². The predicted molar refractivity (Wildman–Crippen MR) is 117 cm³/mol. The Morgan fingerprint density at radius 1 is 1.11 bits per heavy atom. The molecule has 1 aliphatic heterocycles. The second kappa shape index (κ2) is 12.6. The van der Waals surface area contributed by atoms with Crippen molar-refractivity contribution in [1.82, 2.24) is 10.2 Å². The molecule has 0 radical (unpaired) electrons. The normalized spacial score (nSPS) is 17.5. The van der Waals surface area contributed by atoms with Gasteiger partial charge in [-0.05, 0) is 39.1 Å². The highest BCUT2D eigenvalue weighted by atomic mass is 35.5. The topological polar surface area (TPSA) is 61.6 Å². The molecule has 2 rings (SSSR count). The van der Waals surface area contributed by atoms with E-state index in [-0.39, 0.29) is 66.9 Å². The minimum absolute atomic E-state index is 0. The van der Waals surface area contributed by atoms with Crippen molar-refractivity contribution in [3.05, 3.63) is 29.6 Å². The van der Waals surface area contributed by atoms with Gasteiger partial charge in [0.2, 0.25) is 5.91 Å². The number of amides is 1. The Hall–Kier alpha value is -0.790. The largest absolute Gasteiger partial charge is 0.369 e. The van der Waals surface area contributed by atoms with Crippen LogP contribution in [0.15, 0.2) is 18.2 Å². The number of hydrogen-bond donors (Lipinski definition) is 2. The molecule has 0 aliphatic carbocycles. The molecule has 27 heavy (non-hydrogen) atoms. The number of likely N-dealkylation sites (N-methyl/N-ethyl adjacent to an activating group) is 1. The molecule has 0 aromatic heterocycles. The standard InChI is InChI=1S/C18H29FN4O.3ClH/c1-12(13(2)20)18(24)21-14(3)16-11-15(19)5-6-17(16)23-9-7-22(4)8-10-23;;;/h5-6,11-14H,7-10,20H2,1-4H3,(H,21,24);3*1H. The number of benzene rings is 1. The molecule has 158 valence electrons. The Labute approximate surface area is 180 Å². The first-order chi connectivity index (χ1) is 11.3. The van der Waals surface area contributed by atoms with Crippen LogP contribution in [0, 0.1) is 11.7 Å². The number of piperazine rings is 1. The molecule has 1 fully saturated rings. The van der Waals surface area contributed by atoms with Crippen molar-refractivity contribution in [2.45, 2.75) is 32.9 Å². The summed E-state index contributed by atoms with van der Waals surface area (Å²) in [4.78, 5) is 16.8. The van der Waals surface area contributed by atoms with Gasteiger partial charge in [0.05, 0.1) is 6.04 Å². The van der Waals surface area contributed by atoms with Crippen LogP contribution in [0.2, 0.25) is 0 Å². The number of carbonyl (C=O) groups is 1. The van der Waals surface area contributed by atoms with Gasteiger partial charge in [-0.3, -0.25) is 4.79 Å². The Balaban J connectivity index is 0. The van der Waals surface area contributed by atoms with Gasteiger partial charge in [-0.15, -0.1) is 37.2 Å². The van der Waals surface area contributed by atoms with Gasteiger partial charge in [-0.25, -0.2) is 4.39 Å². The van der Waals surface area contributed by atoms with E-state index in [1.165, 1.54) is 12.1 Å². The van der Waals surface area contributed by atoms with Crippen LogP contribution < -0.4 is 16.0 Å². The van der Waals surface area contributed by atoms with Crippen LogP contribution in [0.1, 0.15) is 32.4 Å². The van der Waals surface area contributed by atoms with Crippen molar-refractivity contribution < 1.29 is 9.18 Å². The lowest BCUT2D eigenvalue weighted by Gasteiger charge is -2.36. The molecule has 1 saturated heterocycles. The van der Waals surface area contributed by atoms with Gasteiger partial charge in [0.1, 0.15) is 5.82 Å². The van der Waals surface area contributed by atoms with Gasteiger partial charge in [0, 0.05) is 49.4 Å². The lowest BCUT2D eigenvalue weighted by molar-refractivity contribution is -0.125. The van der Waals surface area contributed by atoms with E-state index in [4.69, 9.17) is 5.73 Å². The van der Waals surface area contributed by atoms with Crippen LogP contribution in [-0.2, 0) is 4.79 Å². The minimum Gasteiger partial charge on any atom is -0.369 e. The minimum atomic E-state index is -0.288. The van der Waals surface area contributed by atoms with Gasteiger partial charge >= 0.3 is 0 Å². The number of nitrogens with zero attached hydrogens (tertiary/aromatic N) is 2. The summed E-state index contributed by atoms with van der Waals surface area (Å²) >= 11 is 0. The fourth-order valence-electron chi connectivity index (χ4n) is 2.87. The van der Waals surface area contributed by atoms with Gasteiger partial charge in [0.25, 0.3) is 0 Å². The summed E-state index contributed by atoms with van der Waals surface area (Å²) < 4.78 is 13.8. The Morgan fingerprint density at radius 2 is 1.67 bits per heavy atom. The molecular formula is C18H32Cl3FN4O. The van der Waals surface area contributed by atoms with Gasteiger partial charge in [-0.2, -0.15) is 0 Å². The molecule has 3 atom stereocenters. The summed E-state index contributed by atoms with van der Waals surface area (Å²) in [7, 11) is 2.10. The first-order valence-electron chi connectivity index (χ1n) is 8.58. The molecule has 1 aromatic carbocycles. The second-order valence-electron chi connectivity index (χ2n) is 6.87. The van der Waals surface area contributed by atoms with Crippen LogP contribution in [0.5, 0.6) is 0 Å². The summed E-state index contributed by atoms with van der Waals surface area (Å²) in [6, 6.07) is 4.32. The zero-order valence-electron chi connectivity index (χ0n) is 16.3. The van der Waals surface area contributed by atoms with Crippen LogP contribution in [0.25, 0.3) is 0 Å². The highest BCUT2D eigenvalue weighted by Crippen LogP contribution is 2.28. The molecule has 9 heteroatoms. The third-order valence-electron chi connectivity index (χ3n) is 4.86. The number of hydrogen-bond acceptors (Lipinski definition) is 4. The summed E-state index contributed by atoms with van der Waals surface area (Å²) in [5.74, 6) is -0.677. The molecule has 1 aliphatic rings. The van der Waals surface area contributed by atoms with Crippen molar-refractivity contribution in [1.29, 1.82) is 0 Å². The van der Waals surface area contributed by atoms with Gasteiger partial charge in [-0.1, -0.05) is 6.92 Å². The van der Waals surface area contributed by atoms with E-state index < -0.39 is 0 Å². The third kappa shape index (κ3) is 7.62. The van der Waals surface area contributed by atoms with E-state index in [9.17, 15) is 9.18 Å². The Bertz CT molecular complexity index is 584. The number of nitrogens with one attached hydrogen (secondary N) is 1. The summed E-state index contributed by atoms with van der Waals surface area (Å²) in [5.41, 5.74) is 7.60. The maximum Gasteiger partial charge on any atom is 0.224 e. The average molecular weight is 446 g/mol. The molecule has 3 unspecified atom stereocenters. The number of carbonyl (C=O) groups excluding carboxylic acids is 1. The first kappa shape index (κ1) is 28.4. The van der Waals surface area contributed by atoms with Crippen LogP contribution in [0.4, 0.5) is 10.1 Å². The molecule has 3 N–H and O–H groups in total. The fourth-order valence-corrected chi connectivity index (χ4v) is 2.87. The fraction of sp³-hybridized carbons (Fsp3) is 0.611. The molecular weight excluding hydrogens is 414 g/mol. The van der Waals surface area contributed by atoms with Crippen LogP contribution in [-0.4, -0.2) is 50.1 Å². The number of halogens is 4. The monoisotopic (exact) mass is 444 g/mol. The second-order valence-corrected chi connectivity index (χ2v) is 6.87. The van der Waals surface area contributed by atoms with Gasteiger partial charge in [0.15, 0.2) is 0 Å². The molecule has 5 nitrogen and oxygen atoms in total. The maximum absolute atomic E-state index is 13.8. The Kier molecular flexibility index (Phi) is 13.3. The molecule has 1 heterocycles. The highest BCUT2D eigenvalue weighted by Gasteiger charge is 2.23. The van der Waals surface area contributed by atoms with E-state index in [0.29, 0.717) is 0 Å². The van der Waals surface area contributed by atoms with Crippen LogP contribution >= 0.6 is 37.2 Å². The molecule has 0 spiro atoms. The third-order valence-corrected chi connectivity index (χ3v) is 4.86. The van der Waals surface area contributed by atoms with E-state index >= 15 is 0 Å². The van der Waals surface area contributed by atoms with Crippen molar-refractivity contribution in [3.63, 3.8) is 0 Å². The number of nitrogens with two attached hydrogens (primary N) is 1. The quantitative estimate of drug-likeness (QED) is 0.731. The molecule has 1 aromatic rings. The summed E-state index contributed by atoms with van der Waals surface area (Å²) in [5, 5.41) is 2.97. The van der Waals surface area contributed by atoms with E-state index in [1.807, 2.05) is 19.9 Å². The van der Waals surface area contributed by atoms with Crippen molar-refractivity contribution in [2.24, 2.45) is 11.7 Å². The predicted octanol–water partition coefficient (Wildman–Crippen LogP) is 3.00. The van der Waals surface area contributed by atoms with E-state index in [1.54, 1.807) is 6.92 Å². The lowest BCUT2D eigenvalue weighted by Crippen LogP contribution is -2.45. The Morgan fingerprint density at radius 3 is 2.19 bits per heavy atom. The van der Waals surface area contributed by atoms with Crippen molar-refractivity contribution in [2.75, 3.05) is 38.1 Å². The van der Waals surface area contributed by atoms with Crippen molar-refractivity contribution in [3.8, 4) is 0 Å². The van der Waals surface area contributed by atoms with E-state index in [0.717, 1.165) is 37.4 Å².